The molecule has 3 heterocycles. The average Bonchev–Trinajstić information content (AvgIpc) is 4.19. The molecule has 0 unspecified atom stereocenters. The number of hydrogen-bond donors (Lipinski definition) is 0. The van der Waals surface area contributed by atoms with Crippen LogP contribution in [0.15, 0.2) is 250 Å². The monoisotopic (exact) mass is 1120 g/mol. The first-order valence-electron chi connectivity index (χ1n) is 23.6. The van der Waals surface area contributed by atoms with Gasteiger partial charge in [0.2, 0.25) is 0 Å². The van der Waals surface area contributed by atoms with E-state index < -0.39 is 0 Å². The number of hydrogen-bond acceptors (Lipinski definition) is 3. The largest absolute Gasteiger partial charge is 0.233 e. The minimum Gasteiger partial charge on any atom is -0.233 e. The average molecular weight is 1120 g/mol. The summed E-state index contributed by atoms with van der Waals surface area (Å²) < 4.78 is 8.93. The van der Waals surface area contributed by atoms with Crippen LogP contribution in [0.5, 0.6) is 0 Å². The Morgan fingerprint density at radius 1 is 0.250 bits per heavy atom. The molecule has 13 aromatic rings. The lowest BCUT2D eigenvalue weighted by atomic mass is 9.86. The van der Waals surface area contributed by atoms with Crippen LogP contribution >= 0.6 is 47.8 Å². The number of benzene rings is 10. The molecule has 0 fully saturated rings. The number of rotatable bonds is 9. The van der Waals surface area contributed by atoms with E-state index in [1.807, 2.05) is 50.8 Å². The lowest BCUT2D eigenvalue weighted by molar-refractivity contribution is 0.910. The van der Waals surface area contributed by atoms with Gasteiger partial charge in [0.1, 0.15) is 0 Å². The van der Waals surface area contributed by atoms with Crippen molar-refractivity contribution in [1.82, 2.24) is 29.3 Å². The van der Waals surface area contributed by atoms with E-state index in [0.29, 0.717) is 0 Å². The highest BCUT2D eigenvalue weighted by Crippen LogP contribution is 2.45. The summed E-state index contributed by atoms with van der Waals surface area (Å²) in [5.41, 5.74) is 19.3. The van der Waals surface area contributed by atoms with E-state index in [0.717, 1.165) is 130 Å². The van der Waals surface area contributed by atoms with Gasteiger partial charge in [-0.2, -0.15) is 15.3 Å². The molecule has 9 heteroatoms. The zero-order valence-corrected chi connectivity index (χ0v) is 43.1. The van der Waals surface area contributed by atoms with Gasteiger partial charge in [-0.05, 0) is 140 Å². The highest BCUT2D eigenvalue weighted by atomic mass is 79.9. The molecule has 0 bridgehead atoms. The molecule has 6 nitrogen and oxygen atoms in total. The first kappa shape index (κ1) is 44.0. The van der Waals surface area contributed by atoms with E-state index in [2.05, 4.69) is 248 Å². The van der Waals surface area contributed by atoms with E-state index in [9.17, 15) is 0 Å². The molecule has 0 saturated carbocycles. The molecule has 3 aromatic heterocycles. The van der Waals surface area contributed by atoms with E-state index in [1.165, 1.54) is 0 Å². The summed E-state index contributed by atoms with van der Waals surface area (Å²) in [5, 5.41) is 17.6. The van der Waals surface area contributed by atoms with Gasteiger partial charge >= 0.3 is 0 Å². The fourth-order valence-corrected chi connectivity index (χ4v) is 11.8. The molecule has 0 aliphatic carbocycles. The summed E-state index contributed by atoms with van der Waals surface area (Å²) in [6.45, 7) is 0. The molecule has 0 radical (unpaired) electrons. The molecule has 342 valence electrons. The zero-order chi connectivity index (χ0) is 48.3. The topological polar surface area (TPSA) is 53.5 Å². The van der Waals surface area contributed by atoms with Crippen LogP contribution in [0.3, 0.4) is 0 Å². The van der Waals surface area contributed by atoms with Crippen molar-refractivity contribution < 1.29 is 0 Å². The summed E-state index contributed by atoms with van der Waals surface area (Å²) in [4.78, 5) is 0. The minimum atomic E-state index is 0.979. The summed E-state index contributed by atoms with van der Waals surface area (Å²) in [6, 6.07) is 77.6. The first-order chi connectivity index (χ1) is 35.4. The van der Waals surface area contributed by atoms with E-state index in [4.69, 9.17) is 15.3 Å². The van der Waals surface area contributed by atoms with Gasteiger partial charge in [-0.15, -0.1) is 0 Å². The Morgan fingerprint density at radius 3 is 0.806 bits per heavy atom. The van der Waals surface area contributed by atoms with Crippen LogP contribution in [0.1, 0.15) is 0 Å². The Balaban J connectivity index is 0.966. The van der Waals surface area contributed by atoms with Gasteiger partial charge in [0, 0.05) is 29.6 Å². The third-order valence-corrected chi connectivity index (χ3v) is 15.5. The SMILES string of the molecule is Brc1cc(-n2ncc3ccccc32)ccc1-c1ccccc1-c1cc(-c2ccccc2-c2ccc(-n3ncc4ccccc43)cc2Br)cc(-c2ccccc2-c2ccc(-n3ncc4ccccc43)cc2Br)c1. The number of aromatic nitrogens is 6. The second kappa shape index (κ2) is 18.3. The molecule has 13 rings (SSSR count). The molecular weight excluding hydrogens is 1080 g/mol. The Kier molecular flexibility index (Phi) is 11.2. The number of nitrogens with zero attached hydrogens (tertiary/aromatic N) is 6. The number of para-hydroxylation sites is 3. The van der Waals surface area contributed by atoms with Crippen molar-refractivity contribution in [2.75, 3.05) is 0 Å². The fourth-order valence-electron chi connectivity index (χ4n) is 10.1. The quantitative estimate of drug-likeness (QED) is 0.145. The Hall–Kier alpha value is -7.95. The molecule has 72 heavy (non-hydrogen) atoms. The second-order valence-corrected chi connectivity index (χ2v) is 20.3. The summed E-state index contributed by atoms with van der Waals surface area (Å²) >= 11 is 12.1. The van der Waals surface area contributed by atoms with E-state index >= 15 is 0 Å². The molecule has 0 aliphatic heterocycles. The van der Waals surface area contributed by atoms with Gasteiger partial charge in [0.15, 0.2) is 0 Å². The molecule has 0 saturated heterocycles. The smallest absolute Gasteiger partial charge is 0.0741 e. The fraction of sp³-hybridized carbons (Fsp3) is 0. The molecule has 10 aromatic carbocycles. The van der Waals surface area contributed by atoms with Crippen molar-refractivity contribution in [3.8, 4) is 83.8 Å². The summed E-state index contributed by atoms with van der Waals surface area (Å²) in [6.07, 6.45) is 5.75. The lowest BCUT2D eigenvalue weighted by Crippen LogP contribution is -1.97. The second-order valence-electron chi connectivity index (χ2n) is 17.8. The summed E-state index contributed by atoms with van der Waals surface area (Å²) in [5.74, 6) is 0. The highest BCUT2D eigenvalue weighted by Gasteiger charge is 2.20. The molecule has 0 aliphatic rings. The van der Waals surface area contributed by atoms with Crippen LogP contribution < -0.4 is 0 Å². The predicted molar refractivity (Wildman–Crippen MR) is 306 cm³/mol. The molecule has 0 atom stereocenters. The Bertz CT molecular complexity index is 3800. The number of fused-ring (bicyclic) bond motifs is 3. The van der Waals surface area contributed by atoms with Crippen molar-refractivity contribution in [2.24, 2.45) is 0 Å². The molecule has 0 N–H and O–H groups in total. The lowest BCUT2D eigenvalue weighted by Gasteiger charge is -2.19. The van der Waals surface area contributed by atoms with Gasteiger partial charge in [0.05, 0.1) is 52.2 Å². The van der Waals surface area contributed by atoms with Crippen LogP contribution in [0.25, 0.3) is 117 Å². The normalized spacial score (nSPS) is 11.5. The van der Waals surface area contributed by atoms with E-state index in [1.54, 1.807) is 0 Å². The van der Waals surface area contributed by atoms with Gasteiger partial charge in [-0.25, -0.2) is 14.0 Å². The Morgan fingerprint density at radius 2 is 0.514 bits per heavy atom. The zero-order valence-electron chi connectivity index (χ0n) is 38.3. The van der Waals surface area contributed by atoms with Crippen molar-refractivity contribution in [3.63, 3.8) is 0 Å². The van der Waals surface area contributed by atoms with E-state index in [-0.39, 0.29) is 0 Å². The maximum Gasteiger partial charge on any atom is 0.0741 e. The van der Waals surface area contributed by atoms with Crippen molar-refractivity contribution in [2.45, 2.75) is 0 Å². The molecule has 0 spiro atoms. The van der Waals surface area contributed by atoms with Crippen molar-refractivity contribution in [3.05, 3.63) is 250 Å². The maximum absolute atomic E-state index is 4.76. The standard InChI is InChI=1S/C63H39Br3N6/c64-58-34-46(70-61-22-10-1-13-40(61)37-67-70)25-28-55(58)52-19-7-4-16-49(52)43-31-44(50-17-5-8-20-53(50)56-29-26-47(35-59(56)65)71-62-23-11-2-14-41(62)38-68-71)33-45(32-43)51-18-6-9-21-54(51)57-30-27-48(36-60(57)66)72-63-24-12-3-15-42(63)39-69-72/h1-39H. The Labute approximate surface area is 440 Å². The predicted octanol–water partition coefficient (Wildman–Crippen LogP) is 18.0. The molecular formula is C63H39Br3N6. The van der Waals surface area contributed by atoms with Gasteiger partial charge < -0.3 is 0 Å². The molecule has 0 amide bonds. The third-order valence-electron chi connectivity index (χ3n) is 13.5. The van der Waals surface area contributed by atoms with Crippen LogP contribution in [0, 0.1) is 0 Å². The maximum atomic E-state index is 4.76. The first-order valence-corrected chi connectivity index (χ1v) is 25.9. The van der Waals surface area contributed by atoms with Crippen molar-refractivity contribution >= 4 is 80.5 Å². The van der Waals surface area contributed by atoms with Crippen LogP contribution in [0.2, 0.25) is 0 Å². The van der Waals surface area contributed by atoms with Crippen molar-refractivity contribution in [1.29, 1.82) is 0 Å². The van der Waals surface area contributed by atoms with Crippen LogP contribution in [0.4, 0.5) is 0 Å². The third kappa shape index (κ3) is 7.81. The highest BCUT2D eigenvalue weighted by molar-refractivity contribution is 9.11. The summed E-state index contributed by atoms with van der Waals surface area (Å²) in [7, 11) is 0. The van der Waals surface area contributed by atoms with Crippen LogP contribution in [-0.4, -0.2) is 29.3 Å². The van der Waals surface area contributed by atoms with Gasteiger partial charge in [0.25, 0.3) is 0 Å². The van der Waals surface area contributed by atoms with Crippen LogP contribution in [-0.2, 0) is 0 Å². The van der Waals surface area contributed by atoms with Gasteiger partial charge in [-0.3, -0.25) is 0 Å². The number of halogens is 3. The minimum absolute atomic E-state index is 0.979. The van der Waals surface area contributed by atoms with Gasteiger partial charge in [-0.1, -0.05) is 193 Å².